The summed E-state index contributed by atoms with van der Waals surface area (Å²) in [5.74, 6) is -1.14. The summed E-state index contributed by atoms with van der Waals surface area (Å²) in [7, 11) is 0. The van der Waals surface area contributed by atoms with Crippen LogP contribution >= 0.6 is 0 Å². The minimum atomic E-state index is -0.903. The summed E-state index contributed by atoms with van der Waals surface area (Å²) < 4.78 is 40.7. The van der Waals surface area contributed by atoms with Crippen LogP contribution in [-0.2, 0) is 11.2 Å². The molecule has 0 radical (unpaired) electrons. The summed E-state index contributed by atoms with van der Waals surface area (Å²) in [5.41, 5.74) is 3.03. The fourth-order valence-corrected chi connectivity index (χ4v) is 7.28. The van der Waals surface area contributed by atoms with Gasteiger partial charge in [-0.2, -0.15) is 0 Å². The van der Waals surface area contributed by atoms with E-state index in [0.717, 1.165) is 49.6 Å². The van der Waals surface area contributed by atoms with Crippen molar-refractivity contribution < 1.29 is 23.2 Å². The quantitative estimate of drug-likeness (QED) is 0.390. The number of anilines is 1. The molecule has 5 atom stereocenters. The lowest BCUT2D eigenvalue weighted by molar-refractivity contribution is -0.116. The highest BCUT2D eigenvalue weighted by Crippen LogP contribution is 2.62. The largest absolute Gasteiger partial charge is 0.411 e. The van der Waals surface area contributed by atoms with Gasteiger partial charge in [0, 0.05) is 17.9 Å². The number of nitrogens with zero attached hydrogens (tertiary/aromatic N) is 2. The number of aryl methyl sites for hydroxylation is 1. The Bertz CT molecular complexity index is 1170. The van der Waals surface area contributed by atoms with Crippen molar-refractivity contribution in [1.82, 2.24) is 4.98 Å². The lowest BCUT2D eigenvalue weighted by atomic mass is 9.54. The Kier molecular flexibility index (Phi) is 6.32. The summed E-state index contributed by atoms with van der Waals surface area (Å²) in [6.07, 6.45) is 6.87. The van der Waals surface area contributed by atoms with Gasteiger partial charge in [-0.1, -0.05) is 18.1 Å². The first-order valence-corrected chi connectivity index (χ1v) is 12.4. The van der Waals surface area contributed by atoms with Gasteiger partial charge >= 0.3 is 0 Å². The topological polar surface area (TPSA) is 74.6 Å². The number of hydrogen-bond donors (Lipinski definition) is 2. The summed E-state index contributed by atoms with van der Waals surface area (Å²) in [5, 5.41) is 15.9. The zero-order valence-corrected chi connectivity index (χ0v) is 19.7. The number of amides is 1. The third-order valence-corrected chi connectivity index (χ3v) is 8.73. The lowest BCUT2D eigenvalue weighted by Crippen LogP contribution is -2.44. The monoisotopic (exact) mass is 485 g/mol. The van der Waals surface area contributed by atoms with Gasteiger partial charge in [-0.3, -0.25) is 4.79 Å². The van der Waals surface area contributed by atoms with Gasteiger partial charge in [-0.25, -0.2) is 18.2 Å². The second-order valence-electron chi connectivity index (χ2n) is 10.6. The molecule has 2 saturated carbocycles. The average molecular weight is 486 g/mol. The van der Waals surface area contributed by atoms with Crippen molar-refractivity contribution in [3.05, 3.63) is 59.0 Å². The standard InChI is InChI=1S/C27H30F3N3O2/c1-27-10-9-20-19-8-6-17(28)11-15(19)5-7-21(20)25(27)16(12-23(27)33-35)3-2-4-24(34)32-26-22(30)13-18(29)14-31-26/h6,8,11,13-14,16,20-21,25,35H,2-5,7,9-10,12H2,1H3,(H,31,32,34)/b33-23+/t16-,20?,21?,25?,27-/m1/s1. The molecule has 5 nitrogen and oxygen atoms in total. The molecule has 0 bridgehead atoms. The number of carbonyl (C=O) groups is 1. The number of pyridine rings is 1. The number of nitrogens with one attached hydrogen (secondary N) is 1. The highest BCUT2D eigenvalue weighted by atomic mass is 19.1. The van der Waals surface area contributed by atoms with E-state index < -0.39 is 11.6 Å². The van der Waals surface area contributed by atoms with Crippen LogP contribution in [-0.4, -0.2) is 21.8 Å². The van der Waals surface area contributed by atoms with E-state index >= 15 is 0 Å². The van der Waals surface area contributed by atoms with E-state index in [4.69, 9.17) is 0 Å². The molecule has 1 aromatic carbocycles. The molecule has 0 spiro atoms. The molecule has 3 unspecified atom stereocenters. The predicted octanol–water partition coefficient (Wildman–Crippen LogP) is 6.22. The van der Waals surface area contributed by atoms with E-state index in [1.807, 2.05) is 6.07 Å². The molecule has 0 aliphatic heterocycles. The minimum absolute atomic E-state index is 0.179. The zero-order chi connectivity index (χ0) is 24.7. The summed E-state index contributed by atoms with van der Waals surface area (Å²) in [6.45, 7) is 2.21. The van der Waals surface area contributed by atoms with E-state index in [1.54, 1.807) is 12.1 Å². The van der Waals surface area contributed by atoms with Crippen molar-refractivity contribution in [2.45, 2.75) is 64.2 Å². The molecule has 2 fully saturated rings. The number of aromatic nitrogens is 1. The fraction of sp³-hybridized carbons (Fsp3) is 0.519. The third kappa shape index (κ3) is 4.32. The Morgan fingerprint density at radius 2 is 2.06 bits per heavy atom. The Morgan fingerprint density at radius 1 is 1.23 bits per heavy atom. The van der Waals surface area contributed by atoms with Crippen LogP contribution in [0.3, 0.4) is 0 Å². The van der Waals surface area contributed by atoms with Crippen molar-refractivity contribution >= 4 is 17.4 Å². The van der Waals surface area contributed by atoms with Crippen molar-refractivity contribution in [2.24, 2.45) is 28.3 Å². The Labute approximate surface area is 202 Å². The van der Waals surface area contributed by atoms with Crippen LogP contribution < -0.4 is 5.32 Å². The van der Waals surface area contributed by atoms with Crippen LogP contribution in [0.2, 0.25) is 0 Å². The molecule has 186 valence electrons. The molecular formula is C27H30F3N3O2. The van der Waals surface area contributed by atoms with Crippen LogP contribution in [0.15, 0.2) is 35.6 Å². The number of rotatable bonds is 5. The van der Waals surface area contributed by atoms with E-state index in [0.29, 0.717) is 36.7 Å². The smallest absolute Gasteiger partial charge is 0.225 e. The normalized spacial score (nSPS) is 30.5. The molecular weight excluding hydrogens is 455 g/mol. The zero-order valence-electron chi connectivity index (χ0n) is 19.7. The number of carbonyl (C=O) groups excluding carboxylic acids is 1. The Hall–Kier alpha value is -2.90. The summed E-state index contributed by atoms with van der Waals surface area (Å²) in [4.78, 5) is 16.0. The molecule has 2 aromatic rings. The molecule has 35 heavy (non-hydrogen) atoms. The van der Waals surface area contributed by atoms with E-state index in [2.05, 4.69) is 22.4 Å². The SMILES string of the molecule is C[C@]12CCC3c4ccc(F)cc4CCC3C1[C@H](CCCC(=O)Nc1ncc(F)cc1F)C/C2=N\O. The minimum Gasteiger partial charge on any atom is -0.411 e. The number of hydrogen-bond acceptors (Lipinski definition) is 4. The second-order valence-corrected chi connectivity index (χ2v) is 10.6. The second kappa shape index (κ2) is 9.28. The van der Waals surface area contributed by atoms with Crippen LogP contribution in [0.1, 0.15) is 68.9 Å². The first-order chi connectivity index (χ1) is 16.8. The van der Waals surface area contributed by atoms with Gasteiger partial charge in [0.15, 0.2) is 11.6 Å². The van der Waals surface area contributed by atoms with Gasteiger partial charge in [0.05, 0.1) is 11.9 Å². The Balaban J connectivity index is 1.28. The maximum absolute atomic E-state index is 13.8. The first kappa shape index (κ1) is 23.8. The number of halogens is 3. The molecule has 3 aliphatic rings. The average Bonchev–Trinajstić information content (AvgIpc) is 3.12. The van der Waals surface area contributed by atoms with Crippen molar-refractivity contribution in [1.29, 1.82) is 0 Å². The number of benzene rings is 1. The molecule has 0 saturated heterocycles. The van der Waals surface area contributed by atoms with Gasteiger partial charge < -0.3 is 10.5 Å². The highest BCUT2D eigenvalue weighted by molar-refractivity contribution is 5.92. The third-order valence-electron chi connectivity index (χ3n) is 8.73. The van der Waals surface area contributed by atoms with Gasteiger partial charge in [-0.15, -0.1) is 0 Å². The Morgan fingerprint density at radius 3 is 2.83 bits per heavy atom. The first-order valence-electron chi connectivity index (χ1n) is 12.4. The summed E-state index contributed by atoms with van der Waals surface area (Å²) in [6, 6.07) is 5.86. The molecule has 8 heteroatoms. The fourth-order valence-electron chi connectivity index (χ4n) is 7.28. The molecule has 1 heterocycles. The number of fused-ring (bicyclic) bond motifs is 5. The summed E-state index contributed by atoms with van der Waals surface area (Å²) >= 11 is 0. The predicted molar refractivity (Wildman–Crippen MR) is 126 cm³/mol. The van der Waals surface area contributed by atoms with Gasteiger partial charge in [0.25, 0.3) is 0 Å². The maximum Gasteiger partial charge on any atom is 0.225 e. The van der Waals surface area contributed by atoms with Gasteiger partial charge in [0.2, 0.25) is 5.91 Å². The van der Waals surface area contributed by atoms with Crippen LogP contribution in [0.4, 0.5) is 19.0 Å². The van der Waals surface area contributed by atoms with E-state index in [1.165, 1.54) is 5.56 Å². The van der Waals surface area contributed by atoms with Crippen LogP contribution in [0, 0.1) is 40.6 Å². The molecule has 1 aromatic heterocycles. The van der Waals surface area contributed by atoms with E-state index in [9.17, 15) is 23.2 Å². The maximum atomic E-state index is 13.8. The van der Waals surface area contributed by atoms with Gasteiger partial charge in [-0.05, 0) is 91.9 Å². The van der Waals surface area contributed by atoms with Crippen molar-refractivity contribution in [2.75, 3.05) is 5.32 Å². The molecule has 1 amide bonds. The van der Waals surface area contributed by atoms with Crippen LogP contribution in [0.25, 0.3) is 0 Å². The lowest BCUT2D eigenvalue weighted by Gasteiger charge is -2.50. The highest BCUT2D eigenvalue weighted by Gasteiger charge is 2.57. The number of oxime groups is 1. The molecule has 2 N–H and O–H groups in total. The van der Waals surface area contributed by atoms with Crippen molar-refractivity contribution in [3.63, 3.8) is 0 Å². The van der Waals surface area contributed by atoms with E-state index in [-0.39, 0.29) is 35.3 Å². The molecule has 5 rings (SSSR count). The van der Waals surface area contributed by atoms with Crippen molar-refractivity contribution in [3.8, 4) is 0 Å². The van der Waals surface area contributed by atoms with Crippen LogP contribution in [0.5, 0.6) is 0 Å². The van der Waals surface area contributed by atoms with Gasteiger partial charge in [0.1, 0.15) is 11.6 Å². The molecule has 3 aliphatic carbocycles.